The molecule has 1 saturated heterocycles. The van der Waals surface area contributed by atoms with E-state index in [1.807, 2.05) is 25.1 Å². The molecule has 1 aromatic rings. The van der Waals surface area contributed by atoms with E-state index in [0.29, 0.717) is 11.4 Å². The Balaban J connectivity index is 1.93. The van der Waals surface area contributed by atoms with E-state index in [1.54, 1.807) is 0 Å². The zero-order valence-electron chi connectivity index (χ0n) is 11.1. The number of rotatable bonds is 3. The van der Waals surface area contributed by atoms with Crippen molar-refractivity contribution in [1.29, 1.82) is 0 Å². The van der Waals surface area contributed by atoms with E-state index in [2.05, 4.69) is 5.32 Å². The van der Waals surface area contributed by atoms with E-state index in [9.17, 15) is 14.4 Å². The summed E-state index contributed by atoms with van der Waals surface area (Å²) in [4.78, 5) is 35.7. The van der Waals surface area contributed by atoms with Gasteiger partial charge in [0.1, 0.15) is 13.1 Å². The van der Waals surface area contributed by atoms with Gasteiger partial charge in [-0.05, 0) is 30.5 Å². The van der Waals surface area contributed by atoms with Crippen molar-refractivity contribution < 1.29 is 14.4 Å². The lowest BCUT2D eigenvalue weighted by atomic mass is 10.1. The van der Waals surface area contributed by atoms with E-state index < -0.39 is 11.8 Å². The molecule has 0 radical (unpaired) electrons. The summed E-state index contributed by atoms with van der Waals surface area (Å²) in [5.74, 6) is -1.08. The Morgan fingerprint density at radius 2 is 1.95 bits per heavy atom. The van der Waals surface area contributed by atoms with E-state index in [0.717, 1.165) is 11.1 Å². The zero-order valence-corrected chi connectivity index (χ0v) is 11.9. The van der Waals surface area contributed by atoms with E-state index in [-0.39, 0.29) is 25.4 Å². The van der Waals surface area contributed by atoms with Crippen LogP contribution in [-0.2, 0) is 20.8 Å². The average molecular weight is 295 g/mol. The van der Waals surface area contributed by atoms with Crippen LogP contribution in [0.15, 0.2) is 18.2 Å². The molecule has 0 unspecified atom stereocenters. The van der Waals surface area contributed by atoms with Crippen LogP contribution in [0.3, 0.4) is 0 Å². The second-order valence-corrected chi connectivity index (χ2v) is 5.21. The number of hydrogen-bond acceptors (Lipinski definition) is 3. The predicted molar refractivity (Wildman–Crippen MR) is 74.2 cm³/mol. The van der Waals surface area contributed by atoms with Gasteiger partial charge in [0, 0.05) is 11.4 Å². The van der Waals surface area contributed by atoms with Crippen molar-refractivity contribution in [2.24, 2.45) is 0 Å². The molecule has 106 valence electrons. The normalized spacial score (nSPS) is 15.2. The average Bonchev–Trinajstić information content (AvgIpc) is 2.38. The van der Waals surface area contributed by atoms with E-state index in [4.69, 9.17) is 11.6 Å². The Bertz CT molecular complexity index is 556. The van der Waals surface area contributed by atoms with Gasteiger partial charge in [0.15, 0.2) is 0 Å². The molecule has 0 aliphatic carbocycles. The molecule has 0 atom stereocenters. The minimum atomic E-state index is -0.437. The van der Waals surface area contributed by atoms with E-state index in [1.165, 1.54) is 4.90 Å². The van der Waals surface area contributed by atoms with Crippen molar-refractivity contribution in [3.63, 3.8) is 0 Å². The highest BCUT2D eigenvalue weighted by molar-refractivity contribution is 6.31. The Morgan fingerprint density at radius 3 is 2.55 bits per heavy atom. The number of nitrogens with zero attached hydrogens (tertiary/aromatic N) is 1. The van der Waals surface area contributed by atoms with Crippen molar-refractivity contribution in [3.8, 4) is 0 Å². The molecule has 20 heavy (non-hydrogen) atoms. The standard InChI is InChI=1S/C14H15ClN2O3/c1-9-2-3-10(6-11(9)15)4-5-14(20)17-7-12(18)16-13(19)8-17/h2-3,6H,4-5,7-8H2,1H3,(H,16,18,19). The van der Waals surface area contributed by atoms with Crippen LogP contribution in [0.2, 0.25) is 5.02 Å². The lowest BCUT2D eigenvalue weighted by molar-refractivity contribution is -0.145. The molecule has 1 aliphatic heterocycles. The zero-order chi connectivity index (χ0) is 14.7. The molecule has 0 spiro atoms. The van der Waals surface area contributed by atoms with Gasteiger partial charge in [0.05, 0.1) is 0 Å². The number of carbonyl (C=O) groups excluding carboxylic acids is 3. The minimum Gasteiger partial charge on any atom is -0.324 e. The number of piperazine rings is 1. The van der Waals surface area contributed by atoms with Crippen molar-refractivity contribution in [2.45, 2.75) is 19.8 Å². The molecule has 1 aromatic carbocycles. The summed E-state index contributed by atoms with van der Waals surface area (Å²) in [5, 5.41) is 2.83. The fourth-order valence-electron chi connectivity index (χ4n) is 2.01. The molecular weight excluding hydrogens is 280 g/mol. The van der Waals surface area contributed by atoms with Crippen LogP contribution in [0, 0.1) is 6.92 Å². The quantitative estimate of drug-likeness (QED) is 0.848. The minimum absolute atomic E-state index is 0.0563. The van der Waals surface area contributed by atoms with Crippen molar-refractivity contribution in [2.75, 3.05) is 13.1 Å². The van der Waals surface area contributed by atoms with Crippen LogP contribution < -0.4 is 5.32 Å². The monoisotopic (exact) mass is 294 g/mol. The second kappa shape index (κ2) is 6.05. The highest BCUT2D eigenvalue weighted by Gasteiger charge is 2.25. The van der Waals surface area contributed by atoms with Gasteiger partial charge in [0.25, 0.3) is 0 Å². The van der Waals surface area contributed by atoms with Gasteiger partial charge in [0.2, 0.25) is 17.7 Å². The maximum Gasteiger partial charge on any atom is 0.246 e. The number of aryl methyl sites for hydroxylation is 2. The second-order valence-electron chi connectivity index (χ2n) is 4.80. The lowest BCUT2D eigenvalue weighted by Gasteiger charge is -2.25. The maximum absolute atomic E-state index is 12.0. The first-order valence-corrected chi connectivity index (χ1v) is 6.69. The number of hydrogen-bond donors (Lipinski definition) is 1. The van der Waals surface area contributed by atoms with Gasteiger partial charge in [-0.2, -0.15) is 0 Å². The summed E-state index contributed by atoms with van der Waals surface area (Å²) >= 11 is 6.02. The predicted octanol–water partition coefficient (Wildman–Crippen LogP) is 1.07. The van der Waals surface area contributed by atoms with Crippen LogP contribution in [0.1, 0.15) is 17.5 Å². The summed E-state index contributed by atoms with van der Waals surface area (Å²) in [6.45, 7) is 1.80. The van der Waals surface area contributed by atoms with Gasteiger partial charge in [-0.1, -0.05) is 23.7 Å². The fourth-order valence-corrected chi connectivity index (χ4v) is 2.22. The Labute approximate surface area is 121 Å². The smallest absolute Gasteiger partial charge is 0.246 e. The first-order valence-electron chi connectivity index (χ1n) is 6.31. The number of imide groups is 1. The summed E-state index contributed by atoms with van der Waals surface area (Å²) in [6, 6.07) is 5.65. The van der Waals surface area contributed by atoms with Gasteiger partial charge >= 0.3 is 0 Å². The number of nitrogens with one attached hydrogen (secondary N) is 1. The molecule has 1 heterocycles. The molecule has 0 aromatic heterocycles. The third-order valence-electron chi connectivity index (χ3n) is 3.16. The molecule has 1 N–H and O–H groups in total. The van der Waals surface area contributed by atoms with Crippen LogP contribution in [-0.4, -0.2) is 35.7 Å². The summed E-state index contributed by atoms with van der Waals surface area (Å²) < 4.78 is 0. The molecule has 1 fully saturated rings. The van der Waals surface area contributed by atoms with Crippen LogP contribution in [0.5, 0.6) is 0 Å². The molecule has 1 aliphatic rings. The summed E-state index contributed by atoms with van der Waals surface area (Å²) in [5.41, 5.74) is 1.95. The van der Waals surface area contributed by atoms with Gasteiger partial charge in [-0.3, -0.25) is 19.7 Å². The molecule has 0 saturated carbocycles. The highest BCUT2D eigenvalue weighted by atomic mass is 35.5. The molecule has 0 bridgehead atoms. The Morgan fingerprint density at radius 1 is 1.30 bits per heavy atom. The molecule has 2 rings (SSSR count). The summed E-state index contributed by atoms with van der Waals surface area (Å²) in [6.07, 6.45) is 0.783. The summed E-state index contributed by atoms with van der Waals surface area (Å²) in [7, 11) is 0. The third-order valence-corrected chi connectivity index (χ3v) is 3.57. The number of halogens is 1. The SMILES string of the molecule is Cc1ccc(CCC(=O)N2CC(=O)NC(=O)C2)cc1Cl. The number of amides is 3. The van der Waals surface area contributed by atoms with Crippen molar-refractivity contribution in [3.05, 3.63) is 34.3 Å². The lowest BCUT2D eigenvalue weighted by Crippen LogP contribution is -2.53. The first kappa shape index (κ1) is 14.5. The largest absolute Gasteiger partial charge is 0.324 e. The van der Waals surface area contributed by atoms with E-state index >= 15 is 0 Å². The van der Waals surface area contributed by atoms with Crippen molar-refractivity contribution >= 4 is 29.3 Å². The molecular formula is C14H15ClN2O3. The first-order chi connectivity index (χ1) is 9.45. The van der Waals surface area contributed by atoms with Crippen molar-refractivity contribution in [1.82, 2.24) is 10.2 Å². The number of carbonyl (C=O) groups is 3. The number of benzene rings is 1. The third kappa shape index (κ3) is 3.57. The fraction of sp³-hybridized carbons (Fsp3) is 0.357. The Hall–Kier alpha value is -1.88. The molecule has 3 amide bonds. The van der Waals surface area contributed by atoms with Crippen LogP contribution >= 0.6 is 11.6 Å². The van der Waals surface area contributed by atoms with Crippen LogP contribution in [0.25, 0.3) is 0 Å². The topological polar surface area (TPSA) is 66.5 Å². The maximum atomic E-state index is 12.0. The van der Waals surface area contributed by atoms with Gasteiger partial charge < -0.3 is 4.90 Å². The van der Waals surface area contributed by atoms with Crippen LogP contribution in [0.4, 0.5) is 0 Å². The highest BCUT2D eigenvalue weighted by Crippen LogP contribution is 2.18. The van der Waals surface area contributed by atoms with Gasteiger partial charge in [-0.25, -0.2) is 0 Å². The molecule has 5 nitrogen and oxygen atoms in total. The molecule has 6 heteroatoms. The Kier molecular flexibility index (Phi) is 4.39. The van der Waals surface area contributed by atoms with Gasteiger partial charge in [-0.15, -0.1) is 0 Å².